The van der Waals surface area contributed by atoms with Crippen LogP contribution >= 0.6 is 0 Å². The molecule has 1 saturated heterocycles. The monoisotopic (exact) mass is 155 g/mol. The van der Waals surface area contributed by atoms with Gasteiger partial charge < -0.3 is 10.5 Å². The Morgan fingerprint density at radius 3 is 2.64 bits per heavy atom. The Labute approximate surface area is 68.1 Å². The van der Waals surface area contributed by atoms with Crippen LogP contribution in [-0.4, -0.2) is 18.2 Å². The zero-order chi connectivity index (χ0) is 7.90. The summed E-state index contributed by atoms with van der Waals surface area (Å²) in [6.07, 6.45) is 4.71. The standard InChI is InChI=1S/C9H17NO/c1-7-2-4-9(7)6-8(10)3-5-11-9/h7-8H,2-6,10H2,1H3. The highest BCUT2D eigenvalue weighted by atomic mass is 16.5. The molecule has 3 atom stereocenters. The third kappa shape index (κ3) is 1.09. The molecule has 0 aromatic heterocycles. The Bertz CT molecular complexity index is 160. The van der Waals surface area contributed by atoms with Crippen LogP contribution in [0.25, 0.3) is 0 Å². The van der Waals surface area contributed by atoms with E-state index in [0.29, 0.717) is 6.04 Å². The quantitative estimate of drug-likeness (QED) is 0.572. The molecule has 1 heterocycles. The minimum atomic E-state index is 0.206. The number of hydrogen-bond acceptors (Lipinski definition) is 2. The molecule has 2 aliphatic rings. The number of hydrogen-bond donors (Lipinski definition) is 1. The van der Waals surface area contributed by atoms with Crippen molar-refractivity contribution in [3.63, 3.8) is 0 Å². The molecule has 11 heavy (non-hydrogen) atoms. The van der Waals surface area contributed by atoms with Crippen LogP contribution in [0.15, 0.2) is 0 Å². The van der Waals surface area contributed by atoms with Crippen molar-refractivity contribution in [2.45, 2.75) is 44.2 Å². The van der Waals surface area contributed by atoms with Gasteiger partial charge in [0.2, 0.25) is 0 Å². The van der Waals surface area contributed by atoms with Crippen molar-refractivity contribution in [2.24, 2.45) is 11.7 Å². The van der Waals surface area contributed by atoms with E-state index < -0.39 is 0 Å². The molecule has 1 saturated carbocycles. The average molecular weight is 155 g/mol. The zero-order valence-electron chi connectivity index (χ0n) is 7.18. The Hall–Kier alpha value is -0.0800. The van der Waals surface area contributed by atoms with E-state index in [1.54, 1.807) is 0 Å². The maximum atomic E-state index is 5.90. The molecule has 0 bridgehead atoms. The Balaban J connectivity index is 2.01. The highest BCUT2D eigenvalue weighted by Gasteiger charge is 2.47. The van der Waals surface area contributed by atoms with Crippen LogP contribution in [0.2, 0.25) is 0 Å². The van der Waals surface area contributed by atoms with Gasteiger partial charge in [0.1, 0.15) is 0 Å². The lowest BCUT2D eigenvalue weighted by Crippen LogP contribution is -2.54. The van der Waals surface area contributed by atoms with Crippen molar-refractivity contribution in [1.29, 1.82) is 0 Å². The van der Waals surface area contributed by atoms with Crippen molar-refractivity contribution in [3.8, 4) is 0 Å². The summed E-state index contributed by atoms with van der Waals surface area (Å²) in [5.41, 5.74) is 6.11. The predicted molar refractivity (Wildman–Crippen MR) is 44.3 cm³/mol. The summed E-state index contributed by atoms with van der Waals surface area (Å²) < 4.78 is 5.80. The maximum Gasteiger partial charge on any atom is 0.0722 e. The van der Waals surface area contributed by atoms with Gasteiger partial charge in [0.15, 0.2) is 0 Å². The first kappa shape index (κ1) is 7.56. The molecule has 2 heteroatoms. The predicted octanol–water partition coefficient (Wildman–Crippen LogP) is 1.29. The number of nitrogens with two attached hydrogens (primary N) is 1. The van der Waals surface area contributed by atoms with Crippen LogP contribution in [-0.2, 0) is 4.74 Å². The summed E-state index contributed by atoms with van der Waals surface area (Å²) in [6.45, 7) is 3.16. The summed E-state index contributed by atoms with van der Waals surface area (Å²) in [7, 11) is 0. The summed E-state index contributed by atoms with van der Waals surface area (Å²) in [5, 5.41) is 0. The molecule has 1 aliphatic heterocycles. The maximum absolute atomic E-state index is 5.90. The molecule has 2 fully saturated rings. The van der Waals surface area contributed by atoms with Gasteiger partial charge in [-0.2, -0.15) is 0 Å². The van der Waals surface area contributed by atoms with Gasteiger partial charge in [0, 0.05) is 12.6 Å². The van der Waals surface area contributed by atoms with E-state index in [2.05, 4.69) is 6.92 Å². The summed E-state index contributed by atoms with van der Waals surface area (Å²) >= 11 is 0. The highest BCUT2D eigenvalue weighted by molar-refractivity contribution is 4.99. The SMILES string of the molecule is CC1CCC12CC(N)CCO2. The van der Waals surface area contributed by atoms with E-state index in [0.717, 1.165) is 25.4 Å². The molecule has 1 aliphatic carbocycles. The van der Waals surface area contributed by atoms with E-state index in [4.69, 9.17) is 10.5 Å². The molecule has 2 rings (SSSR count). The molecule has 3 unspecified atom stereocenters. The molecule has 64 valence electrons. The normalized spacial score (nSPS) is 50.7. The smallest absolute Gasteiger partial charge is 0.0722 e. The van der Waals surface area contributed by atoms with Gasteiger partial charge in [-0.05, 0) is 31.6 Å². The van der Waals surface area contributed by atoms with Crippen molar-refractivity contribution in [1.82, 2.24) is 0 Å². The van der Waals surface area contributed by atoms with Crippen molar-refractivity contribution in [3.05, 3.63) is 0 Å². The third-order valence-corrected chi connectivity index (χ3v) is 3.38. The van der Waals surface area contributed by atoms with E-state index in [-0.39, 0.29) is 5.60 Å². The topological polar surface area (TPSA) is 35.2 Å². The lowest BCUT2D eigenvalue weighted by atomic mass is 9.66. The fourth-order valence-electron chi connectivity index (χ4n) is 2.29. The van der Waals surface area contributed by atoms with Crippen molar-refractivity contribution < 1.29 is 4.74 Å². The molecule has 1 spiro atoms. The second-order valence-electron chi connectivity index (χ2n) is 4.11. The largest absolute Gasteiger partial charge is 0.375 e. The van der Waals surface area contributed by atoms with Crippen LogP contribution in [0, 0.1) is 5.92 Å². The molecule has 0 amide bonds. The Kier molecular flexibility index (Phi) is 1.69. The molecule has 2 N–H and O–H groups in total. The van der Waals surface area contributed by atoms with E-state index in [1.807, 2.05) is 0 Å². The average Bonchev–Trinajstić information content (AvgIpc) is 2.02. The van der Waals surface area contributed by atoms with E-state index in [9.17, 15) is 0 Å². The second-order valence-corrected chi connectivity index (χ2v) is 4.11. The highest BCUT2D eigenvalue weighted by Crippen LogP contribution is 2.46. The lowest BCUT2D eigenvalue weighted by Gasteiger charge is -2.51. The number of ether oxygens (including phenoxy) is 1. The number of rotatable bonds is 0. The van der Waals surface area contributed by atoms with E-state index >= 15 is 0 Å². The second kappa shape index (κ2) is 2.46. The van der Waals surface area contributed by atoms with Crippen LogP contribution in [0.1, 0.15) is 32.6 Å². The van der Waals surface area contributed by atoms with Gasteiger partial charge in [0.25, 0.3) is 0 Å². The Morgan fingerprint density at radius 2 is 2.27 bits per heavy atom. The summed E-state index contributed by atoms with van der Waals surface area (Å²) in [5.74, 6) is 0.744. The minimum absolute atomic E-state index is 0.206. The van der Waals surface area contributed by atoms with Crippen LogP contribution < -0.4 is 5.73 Å². The molecule has 0 aromatic carbocycles. The first-order valence-electron chi connectivity index (χ1n) is 4.62. The lowest BCUT2D eigenvalue weighted by molar-refractivity contribution is -0.168. The van der Waals surface area contributed by atoms with Gasteiger partial charge in [-0.1, -0.05) is 6.92 Å². The summed E-state index contributed by atoms with van der Waals surface area (Å²) in [4.78, 5) is 0. The fraction of sp³-hybridized carbons (Fsp3) is 1.00. The third-order valence-electron chi connectivity index (χ3n) is 3.38. The first-order chi connectivity index (χ1) is 5.23. The van der Waals surface area contributed by atoms with Crippen LogP contribution in [0.3, 0.4) is 0 Å². The van der Waals surface area contributed by atoms with Gasteiger partial charge in [0.05, 0.1) is 5.60 Å². The zero-order valence-corrected chi connectivity index (χ0v) is 7.18. The van der Waals surface area contributed by atoms with Crippen molar-refractivity contribution in [2.75, 3.05) is 6.61 Å². The van der Waals surface area contributed by atoms with Crippen molar-refractivity contribution >= 4 is 0 Å². The molecule has 0 aromatic rings. The van der Waals surface area contributed by atoms with Gasteiger partial charge in [-0.25, -0.2) is 0 Å². The van der Waals surface area contributed by atoms with Gasteiger partial charge in [-0.3, -0.25) is 0 Å². The molecule has 0 radical (unpaired) electrons. The molecular weight excluding hydrogens is 138 g/mol. The molecular formula is C9H17NO. The van der Waals surface area contributed by atoms with Gasteiger partial charge in [-0.15, -0.1) is 0 Å². The minimum Gasteiger partial charge on any atom is -0.375 e. The van der Waals surface area contributed by atoms with Crippen LogP contribution in [0.4, 0.5) is 0 Å². The summed E-state index contributed by atoms with van der Waals surface area (Å²) in [6, 6.07) is 0.395. The fourth-order valence-corrected chi connectivity index (χ4v) is 2.29. The van der Waals surface area contributed by atoms with E-state index in [1.165, 1.54) is 12.8 Å². The first-order valence-corrected chi connectivity index (χ1v) is 4.62. The van der Waals surface area contributed by atoms with Gasteiger partial charge >= 0.3 is 0 Å². The van der Waals surface area contributed by atoms with Crippen LogP contribution in [0.5, 0.6) is 0 Å². The Morgan fingerprint density at radius 1 is 1.45 bits per heavy atom. The molecule has 2 nitrogen and oxygen atoms in total.